The Balaban J connectivity index is 2.44. The summed E-state index contributed by atoms with van der Waals surface area (Å²) in [5.74, 6) is 0.502. The molecule has 0 N–H and O–H groups in total. The fraction of sp³-hybridized carbons (Fsp3) is 0.600. The summed E-state index contributed by atoms with van der Waals surface area (Å²) in [6, 6.07) is 6.90. The van der Waals surface area contributed by atoms with Gasteiger partial charge < -0.3 is 0 Å². The number of rotatable bonds is 4. The number of hydrogen-bond donors (Lipinski definition) is 0. The van der Waals surface area contributed by atoms with E-state index in [-0.39, 0.29) is 16.2 Å². The third-order valence-corrected chi connectivity index (χ3v) is 5.34. The Hall–Kier alpha value is -1.70. The van der Waals surface area contributed by atoms with E-state index in [0.29, 0.717) is 5.92 Å². The maximum absolute atomic E-state index is 5.05. The Morgan fingerprint density at radius 1 is 0.778 bits per heavy atom. The van der Waals surface area contributed by atoms with E-state index in [1.54, 1.807) is 0 Å². The molecule has 2 heteroatoms. The van der Waals surface area contributed by atoms with Crippen molar-refractivity contribution in [1.82, 2.24) is 9.97 Å². The van der Waals surface area contributed by atoms with E-state index >= 15 is 0 Å². The highest BCUT2D eigenvalue weighted by Gasteiger charge is 2.26. The summed E-state index contributed by atoms with van der Waals surface area (Å²) in [6.45, 7) is 22.6. The molecule has 0 aliphatic rings. The first-order valence-electron chi connectivity index (χ1n) is 10.2. The number of pyridine rings is 2. The minimum absolute atomic E-state index is 0.0218. The smallest absolute Gasteiger partial charge is 0.0463 e. The van der Waals surface area contributed by atoms with Crippen molar-refractivity contribution in [3.63, 3.8) is 0 Å². The van der Waals surface area contributed by atoms with E-state index in [0.717, 1.165) is 6.42 Å². The fourth-order valence-corrected chi connectivity index (χ4v) is 3.19. The number of hydrogen-bond acceptors (Lipinski definition) is 2. The third kappa shape index (κ3) is 5.40. The molecule has 0 aliphatic carbocycles. The van der Waals surface area contributed by atoms with Crippen LogP contribution in [0.25, 0.3) is 0 Å². The Bertz CT molecular complexity index is 787. The molecular weight excluding hydrogens is 328 g/mol. The van der Waals surface area contributed by atoms with Crippen LogP contribution in [0.15, 0.2) is 30.6 Å². The van der Waals surface area contributed by atoms with E-state index in [4.69, 9.17) is 4.98 Å². The normalized spacial score (nSPS) is 13.3. The summed E-state index contributed by atoms with van der Waals surface area (Å²) in [6.07, 6.45) is 4.92. The maximum atomic E-state index is 5.05. The second-order valence-corrected chi connectivity index (χ2v) is 11.0. The van der Waals surface area contributed by atoms with E-state index < -0.39 is 0 Å². The van der Waals surface area contributed by atoms with Gasteiger partial charge in [0.2, 0.25) is 0 Å². The van der Waals surface area contributed by atoms with Crippen molar-refractivity contribution >= 4 is 0 Å². The van der Waals surface area contributed by atoms with E-state index in [9.17, 15) is 0 Å². The highest BCUT2D eigenvalue weighted by molar-refractivity contribution is 5.33. The van der Waals surface area contributed by atoms with Gasteiger partial charge in [-0.15, -0.1) is 0 Å². The first-order valence-corrected chi connectivity index (χ1v) is 10.2. The molecule has 0 saturated carbocycles. The summed E-state index contributed by atoms with van der Waals surface area (Å²) >= 11 is 0. The van der Waals surface area contributed by atoms with Gasteiger partial charge in [-0.25, -0.2) is 0 Å². The molecule has 0 amide bonds. The molecule has 2 rings (SSSR count). The predicted octanol–water partition coefficient (Wildman–Crippen LogP) is 6.72. The van der Waals surface area contributed by atoms with Crippen molar-refractivity contribution in [3.8, 4) is 0 Å². The molecular formula is C25H38N2. The van der Waals surface area contributed by atoms with Crippen LogP contribution in [0.3, 0.4) is 0 Å². The lowest BCUT2D eigenvalue weighted by Gasteiger charge is -2.28. The average molecular weight is 367 g/mol. The van der Waals surface area contributed by atoms with Crippen LogP contribution in [-0.4, -0.2) is 9.97 Å². The topological polar surface area (TPSA) is 25.8 Å². The van der Waals surface area contributed by atoms with Crippen molar-refractivity contribution < 1.29 is 0 Å². The molecule has 2 aromatic rings. The minimum atomic E-state index is -0.0218. The van der Waals surface area contributed by atoms with Crippen LogP contribution in [-0.2, 0) is 22.7 Å². The molecule has 148 valence electrons. The summed E-state index contributed by atoms with van der Waals surface area (Å²) in [4.78, 5) is 9.59. The summed E-state index contributed by atoms with van der Waals surface area (Å²) < 4.78 is 0. The van der Waals surface area contributed by atoms with Gasteiger partial charge >= 0.3 is 0 Å². The zero-order valence-corrected chi connectivity index (χ0v) is 19.1. The molecule has 0 saturated heterocycles. The molecule has 2 nitrogen and oxygen atoms in total. The molecule has 2 heterocycles. The Kier molecular flexibility index (Phi) is 5.90. The quantitative estimate of drug-likeness (QED) is 0.600. The monoisotopic (exact) mass is 366 g/mol. The fourth-order valence-electron chi connectivity index (χ4n) is 3.19. The molecule has 0 atom stereocenters. The van der Waals surface area contributed by atoms with E-state index in [1.807, 2.05) is 12.4 Å². The van der Waals surface area contributed by atoms with Crippen LogP contribution in [0.4, 0.5) is 0 Å². The highest BCUT2D eigenvalue weighted by Crippen LogP contribution is 2.32. The summed E-state index contributed by atoms with van der Waals surface area (Å²) in [5.41, 5.74) is 6.44. The van der Waals surface area contributed by atoms with Gasteiger partial charge in [-0.1, -0.05) is 75.3 Å². The van der Waals surface area contributed by atoms with Crippen molar-refractivity contribution in [3.05, 3.63) is 58.7 Å². The third-order valence-electron chi connectivity index (χ3n) is 5.34. The van der Waals surface area contributed by atoms with Crippen molar-refractivity contribution in [2.45, 2.75) is 97.8 Å². The number of nitrogens with zero attached hydrogens (tertiary/aromatic N) is 2. The van der Waals surface area contributed by atoms with Gasteiger partial charge in [-0.3, -0.25) is 9.97 Å². The van der Waals surface area contributed by atoms with Gasteiger partial charge in [0, 0.05) is 29.2 Å². The second-order valence-electron chi connectivity index (χ2n) is 11.0. The summed E-state index contributed by atoms with van der Waals surface area (Å²) in [5, 5.41) is 0. The molecule has 2 aromatic heterocycles. The van der Waals surface area contributed by atoms with E-state index in [1.165, 1.54) is 28.1 Å². The van der Waals surface area contributed by atoms with Crippen molar-refractivity contribution in [1.29, 1.82) is 0 Å². The molecule has 27 heavy (non-hydrogen) atoms. The van der Waals surface area contributed by atoms with Gasteiger partial charge in [-0.05, 0) is 52.0 Å². The van der Waals surface area contributed by atoms with Gasteiger partial charge in [-0.2, -0.15) is 0 Å². The molecule has 0 fully saturated rings. The van der Waals surface area contributed by atoms with Crippen LogP contribution >= 0.6 is 0 Å². The lowest BCUT2D eigenvalue weighted by Crippen LogP contribution is -2.24. The van der Waals surface area contributed by atoms with Gasteiger partial charge in [0.15, 0.2) is 0 Å². The summed E-state index contributed by atoms with van der Waals surface area (Å²) in [7, 11) is 0. The molecule has 0 bridgehead atoms. The van der Waals surface area contributed by atoms with E-state index in [2.05, 4.69) is 92.4 Å². The zero-order valence-electron chi connectivity index (χ0n) is 19.1. The van der Waals surface area contributed by atoms with Crippen molar-refractivity contribution in [2.75, 3.05) is 0 Å². The highest BCUT2D eigenvalue weighted by atomic mass is 14.7. The maximum Gasteiger partial charge on any atom is 0.0463 e. The van der Waals surface area contributed by atoms with Crippen LogP contribution in [0.2, 0.25) is 0 Å². The van der Waals surface area contributed by atoms with Crippen LogP contribution < -0.4 is 0 Å². The van der Waals surface area contributed by atoms with Crippen LogP contribution in [0.1, 0.15) is 103 Å². The lowest BCUT2D eigenvalue weighted by molar-refractivity contribution is 0.499. The second kappa shape index (κ2) is 7.37. The first-order chi connectivity index (χ1) is 12.2. The number of aromatic nitrogens is 2. The Morgan fingerprint density at radius 2 is 1.37 bits per heavy atom. The molecule has 0 unspecified atom stereocenters. The lowest BCUT2D eigenvalue weighted by atomic mass is 9.78. The van der Waals surface area contributed by atoms with Gasteiger partial charge in [0.05, 0.1) is 0 Å². The van der Waals surface area contributed by atoms with Crippen LogP contribution in [0.5, 0.6) is 0 Å². The largest absolute Gasteiger partial charge is 0.264 e. The SMILES string of the molecule is CC(C)c1cc(CC(C)(C)c2cncc(C(C)(C)C)c2)nc(C(C)(C)C)c1. The van der Waals surface area contributed by atoms with Crippen molar-refractivity contribution in [2.24, 2.45) is 0 Å². The standard InChI is InChI=1S/C25H38N2/c1-17(2)18-11-21(27-22(12-18)24(6,7)8)14-25(9,10)20-13-19(15-26-16-20)23(3,4)5/h11-13,15-17H,14H2,1-10H3. The molecule has 0 radical (unpaired) electrons. The van der Waals surface area contributed by atoms with Gasteiger partial charge in [0.25, 0.3) is 0 Å². The first kappa shape index (κ1) is 21.6. The minimum Gasteiger partial charge on any atom is -0.264 e. The molecule has 0 spiro atoms. The molecule has 0 aliphatic heterocycles. The predicted molar refractivity (Wildman–Crippen MR) is 117 cm³/mol. The Labute approximate surface area is 166 Å². The van der Waals surface area contributed by atoms with Crippen LogP contribution in [0, 0.1) is 0 Å². The zero-order chi connectivity index (χ0) is 20.6. The van der Waals surface area contributed by atoms with Gasteiger partial charge in [0.1, 0.15) is 0 Å². The Morgan fingerprint density at radius 3 is 1.89 bits per heavy atom. The average Bonchev–Trinajstić information content (AvgIpc) is 2.52. The molecule has 0 aromatic carbocycles.